The maximum Gasteiger partial charge on any atom is 0.203 e. The van der Waals surface area contributed by atoms with Crippen LogP contribution in [0.5, 0.6) is 5.75 Å². The molecule has 0 bridgehead atoms. The molecule has 4 N–H and O–H groups in total. The molecular weight excluding hydrogens is 392 g/mol. The third-order valence-electron chi connectivity index (χ3n) is 6.13. The van der Waals surface area contributed by atoms with Crippen molar-refractivity contribution in [2.45, 2.75) is 25.0 Å². The van der Waals surface area contributed by atoms with Crippen molar-refractivity contribution >= 4 is 5.96 Å². The maximum absolute atomic E-state index is 8.61. The summed E-state index contributed by atoms with van der Waals surface area (Å²) in [5.74, 6) is 0.910. The Morgan fingerprint density at radius 3 is 2.68 bits per heavy atom. The van der Waals surface area contributed by atoms with Crippen molar-refractivity contribution in [3.05, 3.63) is 59.2 Å². The zero-order valence-electron chi connectivity index (χ0n) is 18.1. The molecule has 0 saturated carbocycles. The van der Waals surface area contributed by atoms with Crippen molar-refractivity contribution in [1.29, 1.82) is 10.8 Å². The van der Waals surface area contributed by atoms with Gasteiger partial charge in [-0.1, -0.05) is 24.3 Å². The maximum atomic E-state index is 8.61. The van der Waals surface area contributed by atoms with E-state index in [0.29, 0.717) is 12.3 Å². The molecule has 0 unspecified atom stereocenters. The second-order valence-corrected chi connectivity index (χ2v) is 8.24. The minimum atomic E-state index is -0.0748. The van der Waals surface area contributed by atoms with Crippen LogP contribution in [-0.2, 0) is 4.74 Å². The molecule has 2 aromatic rings. The quantitative estimate of drug-likeness (QED) is 0.503. The van der Waals surface area contributed by atoms with Gasteiger partial charge in [0.05, 0.1) is 19.4 Å². The number of morpholine rings is 1. The van der Waals surface area contributed by atoms with Crippen molar-refractivity contribution < 1.29 is 9.47 Å². The first-order valence-corrected chi connectivity index (χ1v) is 10.9. The van der Waals surface area contributed by atoms with Crippen molar-refractivity contribution in [2.24, 2.45) is 5.73 Å². The third-order valence-corrected chi connectivity index (χ3v) is 6.13. The Morgan fingerprint density at radius 1 is 1.16 bits per heavy atom. The van der Waals surface area contributed by atoms with E-state index in [-0.39, 0.29) is 23.6 Å². The van der Waals surface area contributed by atoms with Crippen molar-refractivity contribution in [3.8, 4) is 5.75 Å². The number of pyridine rings is 1. The highest BCUT2D eigenvalue weighted by Crippen LogP contribution is 2.37. The average molecular weight is 425 g/mol. The number of ether oxygens (including phenoxy) is 2. The number of likely N-dealkylation sites (N-methyl/N-ethyl adjacent to an activating group) is 1. The zero-order valence-corrected chi connectivity index (χ0v) is 18.1. The molecule has 1 fully saturated rings. The van der Waals surface area contributed by atoms with Crippen LogP contribution < -0.4 is 16.0 Å². The molecule has 0 amide bonds. The number of nitrogens with two attached hydrogens (primary N) is 1. The van der Waals surface area contributed by atoms with E-state index in [1.165, 1.54) is 0 Å². The summed E-state index contributed by atoms with van der Waals surface area (Å²) in [6.45, 7) is 4.96. The highest BCUT2D eigenvalue weighted by atomic mass is 16.5. The first kappa shape index (κ1) is 21.5. The van der Waals surface area contributed by atoms with E-state index < -0.39 is 0 Å². The van der Waals surface area contributed by atoms with E-state index in [2.05, 4.69) is 17.0 Å². The molecule has 0 radical (unpaired) electrons. The van der Waals surface area contributed by atoms with Crippen LogP contribution in [-0.4, -0.2) is 66.8 Å². The molecule has 2 heterocycles. The monoisotopic (exact) mass is 424 g/mol. The van der Waals surface area contributed by atoms with Crippen LogP contribution in [0.4, 0.5) is 0 Å². The fourth-order valence-electron chi connectivity index (χ4n) is 4.20. The van der Waals surface area contributed by atoms with E-state index in [4.69, 9.17) is 26.0 Å². The fourth-order valence-corrected chi connectivity index (χ4v) is 4.20. The van der Waals surface area contributed by atoms with Crippen LogP contribution in [0.25, 0.3) is 0 Å². The van der Waals surface area contributed by atoms with Crippen LogP contribution in [0.15, 0.2) is 42.6 Å². The van der Waals surface area contributed by atoms with Gasteiger partial charge in [0.2, 0.25) is 5.96 Å². The number of rotatable bonds is 5. The molecule has 1 aromatic carbocycles. The lowest BCUT2D eigenvalue weighted by atomic mass is 9.86. The van der Waals surface area contributed by atoms with Gasteiger partial charge in [-0.15, -0.1) is 0 Å². The summed E-state index contributed by atoms with van der Waals surface area (Å²) in [5.41, 5.74) is 8.79. The predicted octanol–water partition coefficient (Wildman–Crippen LogP) is 1.93. The van der Waals surface area contributed by atoms with Gasteiger partial charge in [-0.05, 0) is 36.1 Å². The Morgan fingerprint density at radius 2 is 1.90 bits per heavy atom. The van der Waals surface area contributed by atoms with Gasteiger partial charge >= 0.3 is 0 Å². The number of hydrogen-bond acceptors (Lipinski definition) is 6. The van der Waals surface area contributed by atoms with Crippen LogP contribution in [0.3, 0.4) is 0 Å². The second kappa shape index (κ2) is 9.64. The van der Waals surface area contributed by atoms with E-state index >= 15 is 0 Å². The van der Waals surface area contributed by atoms with Crippen molar-refractivity contribution in [1.82, 2.24) is 14.4 Å². The summed E-state index contributed by atoms with van der Waals surface area (Å²) in [6.07, 6.45) is 3.39. The zero-order chi connectivity index (χ0) is 21.8. The highest BCUT2D eigenvalue weighted by molar-refractivity contribution is 5.79. The molecule has 1 aromatic heterocycles. The third kappa shape index (κ3) is 4.98. The van der Waals surface area contributed by atoms with Crippen molar-refractivity contribution in [3.63, 3.8) is 0 Å². The van der Waals surface area contributed by atoms with Gasteiger partial charge in [0.15, 0.2) is 0 Å². The van der Waals surface area contributed by atoms with Crippen LogP contribution in [0.1, 0.15) is 36.1 Å². The Balaban J connectivity index is 1.45. The molecule has 8 nitrogen and oxygen atoms in total. The normalized spacial score (nSPS) is 21.4. The SMILES string of the molecule is CN(CCN1CCOCC1)C(=N)n1cc(O[C@@H]2CC[C@H](N)c3ccccc32)ccc1=N. The first-order valence-electron chi connectivity index (χ1n) is 10.9. The van der Waals surface area contributed by atoms with Gasteiger partial charge in [-0.25, -0.2) is 0 Å². The van der Waals surface area contributed by atoms with Gasteiger partial charge in [-0.3, -0.25) is 20.3 Å². The fraction of sp³-hybridized carbons (Fsp3) is 0.478. The number of hydrogen-bond donors (Lipinski definition) is 3. The molecule has 2 atom stereocenters. The molecule has 1 aliphatic heterocycles. The average Bonchev–Trinajstić information content (AvgIpc) is 2.81. The number of fused-ring (bicyclic) bond motifs is 1. The summed E-state index contributed by atoms with van der Waals surface area (Å²) < 4.78 is 13.3. The summed E-state index contributed by atoms with van der Waals surface area (Å²) in [4.78, 5) is 4.20. The topological polar surface area (TPSA) is 104 Å². The van der Waals surface area contributed by atoms with Crippen LogP contribution in [0.2, 0.25) is 0 Å². The minimum Gasteiger partial charge on any atom is -0.484 e. The lowest BCUT2D eigenvalue weighted by Gasteiger charge is -2.31. The second-order valence-electron chi connectivity index (χ2n) is 8.24. The smallest absolute Gasteiger partial charge is 0.203 e. The van der Waals surface area contributed by atoms with E-state index in [1.54, 1.807) is 22.9 Å². The molecule has 8 heteroatoms. The van der Waals surface area contributed by atoms with Gasteiger partial charge < -0.3 is 20.1 Å². The highest BCUT2D eigenvalue weighted by Gasteiger charge is 2.26. The van der Waals surface area contributed by atoms with Crippen LogP contribution in [0, 0.1) is 10.8 Å². The molecule has 0 spiro atoms. The molecule has 1 aliphatic carbocycles. The first-order chi connectivity index (χ1) is 15.0. The Hall–Kier alpha value is -2.68. The number of benzene rings is 1. The summed E-state index contributed by atoms with van der Waals surface area (Å²) in [5, 5.41) is 16.9. The molecule has 2 aliphatic rings. The largest absolute Gasteiger partial charge is 0.484 e. The van der Waals surface area contributed by atoms with Gasteiger partial charge in [0, 0.05) is 39.3 Å². The summed E-state index contributed by atoms with van der Waals surface area (Å²) >= 11 is 0. The van der Waals surface area contributed by atoms with E-state index in [9.17, 15) is 0 Å². The number of nitrogens with zero attached hydrogens (tertiary/aromatic N) is 3. The molecular formula is C23H32N6O2. The number of nitrogens with one attached hydrogen (secondary N) is 2. The predicted molar refractivity (Wildman–Crippen MR) is 119 cm³/mol. The van der Waals surface area contributed by atoms with Crippen molar-refractivity contribution in [2.75, 3.05) is 46.4 Å². The Bertz CT molecular complexity index is 969. The summed E-state index contributed by atoms with van der Waals surface area (Å²) in [7, 11) is 1.89. The Kier molecular flexibility index (Phi) is 6.70. The summed E-state index contributed by atoms with van der Waals surface area (Å²) in [6, 6.07) is 11.7. The standard InChI is InChI=1S/C23H32N6O2/c1-27(10-11-28-12-14-30-15-13-28)23(26)29-16-17(6-9-22(29)25)31-21-8-7-20(24)18-4-2-3-5-19(18)21/h2-6,9,16,20-21,25-26H,7-8,10-15,24H2,1H3/t20-,21+/m0/s1. The van der Waals surface area contributed by atoms with Crippen LogP contribution >= 0.6 is 0 Å². The number of aromatic nitrogens is 1. The molecule has 4 rings (SSSR count). The molecule has 31 heavy (non-hydrogen) atoms. The molecule has 166 valence electrons. The Labute approximate surface area is 183 Å². The lowest BCUT2D eigenvalue weighted by Crippen LogP contribution is -2.44. The minimum absolute atomic E-state index is 0.0462. The van der Waals surface area contributed by atoms with Gasteiger partial charge in [0.1, 0.15) is 17.3 Å². The van der Waals surface area contributed by atoms with Gasteiger partial charge in [-0.2, -0.15) is 0 Å². The van der Waals surface area contributed by atoms with E-state index in [1.807, 2.05) is 24.1 Å². The lowest BCUT2D eigenvalue weighted by molar-refractivity contribution is 0.0364. The van der Waals surface area contributed by atoms with E-state index in [0.717, 1.165) is 56.8 Å². The van der Waals surface area contributed by atoms with Gasteiger partial charge in [0.25, 0.3) is 0 Å². The molecule has 1 saturated heterocycles.